The Morgan fingerprint density at radius 2 is 1.07 bits per heavy atom. The van der Waals surface area contributed by atoms with E-state index in [4.69, 9.17) is 18.9 Å². The van der Waals surface area contributed by atoms with Gasteiger partial charge in [0.1, 0.15) is 36.8 Å². The van der Waals surface area contributed by atoms with Gasteiger partial charge < -0.3 is 34.3 Å². The zero-order valence-electron chi connectivity index (χ0n) is 34.7. The lowest BCUT2D eigenvalue weighted by Gasteiger charge is -2.40. The molecule has 1 rings (SSSR count). The Morgan fingerprint density at radius 3 is 1.65 bits per heavy atom. The molecular weight excluding hydrogens is 753 g/mol. The highest BCUT2D eigenvalue weighted by atomic mass is 32.2. The average Bonchev–Trinajstić information content (AvgIpc) is 3.17. The van der Waals surface area contributed by atoms with Crippen molar-refractivity contribution < 1.29 is 56.8 Å². The lowest BCUT2D eigenvalue weighted by molar-refractivity contribution is -0.297. The number of hydrogen-bond donors (Lipinski definition) is 4. The highest BCUT2D eigenvalue weighted by Crippen LogP contribution is 2.24. The number of allylic oxidation sites excluding steroid dienone is 10. The normalized spacial score (nSPS) is 21.1. The fraction of sp³-hybridized carbons (Fsp3) is 0.727. The molecule has 0 spiro atoms. The first kappa shape index (κ1) is 52.4. The summed E-state index contributed by atoms with van der Waals surface area (Å²) in [5, 5.41) is 30.8. The van der Waals surface area contributed by atoms with Gasteiger partial charge in [-0.25, -0.2) is 0 Å². The Kier molecular flexibility index (Phi) is 31.5. The van der Waals surface area contributed by atoms with Crippen LogP contribution < -0.4 is 0 Å². The molecule has 0 aromatic carbocycles. The molecular formula is C44H74O12S. The highest BCUT2D eigenvalue weighted by Gasteiger charge is 2.46. The number of aliphatic hydroxyl groups excluding tert-OH is 3. The van der Waals surface area contributed by atoms with Crippen LogP contribution in [0.15, 0.2) is 60.8 Å². The maximum atomic E-state index is 12.8. The molecule has 0 aromatic rings. The molecule has 0 saturated carbocycles. The van der Waals surface area contributed by atoms with Crippen LogP contribution in [0.1, 0.15) is 149 Å². The molecule has 0 aliphatic carbocycles. The van der Waals surface area contributed by atoms with E-state index < -0.39 is 71.2 Å². The van der Waals surface area contributed by atoms with Gasteiger partial charge in [-0.15, -0.1) is 0 Å². The van der Waals surface area contributed by atoms with E-state index in [9.17, 15) is 37.9 Å². The average molecular weight is 827 g/mol. The topological polar surface area (TPSA) is 186 Å². The summed E-state index contributed by atoms with van der Waals surface area (Å²) in [6, 6.07) is 0. The first-order valence-electron chi connectivity index (χ1n) is 21.3. The van der Waals surface area contributed by atoms with Gasteiger partial charge in [0.05, 0.1) is 6.61 Å². The van der Waals surface area contributed by atoms with Crippen molar-refractivity contribution in [3.63, 3.8) is 0 Å². The SMILES string of the molecule is CCCC/C=C/C/C=C/CCCCCCCC(=O)OC[C@H](CO[C@H]1O[C@H](CS(=O)(=O)O)[C@@H](O)C(O)C1O)OC(=O)CCCC/C=C/C/C=C/C/C=C/CCCCC. The Hall–Kier alpha value is -2.65. The van der Waals surface area contributed by atoms with Gasteiger partial charge in [0, 0.05) is 12.8 Å². The van der Waals surface area contributed by atoms with Crippen molar-refractivity contribution >= 4 is 22.1 Å². The third-order valence-electron chi connectivity index (χ3n) is 9.32. The second-order valence-electron chi connectivity index (χ2n) is 14.6. The third kappa shape index (κ3) is 29.2. The standard InChI is InChI=1S/C44H74O12S/c1-3-5-7-9-11-13-15-17-19-21-23-25-27-29-31-33-40(46)55-37(35-54-44-43(49)42(48)41(47)38(56-44)36-57(50,51)52)34-53-39(45)32-30-28-26-24-22-20-18-16-14-12-10-8-6-4-2/h10-13,16-19,23,25,37-38,41-44,47-49H,3-9,14-15,20-22,24,26-36H2,1-2H3,(H,50,51,52)/b12-10+,13-11+,18-16+,19-17+,25-23+/t37-,38-,41-,42?,43?,44+/m1/s1. The number of aliphatic hydroxyl groups is 3. The number of hydrogen-bond acceptors (Lipinski definition) is 11. The van der Waals surface area contributed by atoms with E-state index >= 15 is 0 Å². The Balaban J connectivity index is 2.53. The molecule has 1 saturated heterocycles. The van der Waals surface area contributed by atoms with E-state index in [0.717, 1.165) is 77.0 Å². The molecule has 57 heavy (non-hydrogen) atoms. The highest BCUT2D eigenvalue weighted by molar-refractivity contribution is 7.85. The van der Waals surface area contributed by atoms with Gasteiger partial charge in [-0.3, -0.25) is 14.1 Å². The molecule has 1 aliphatic heterocycles. The lowest BCUT2D eigenvalue weighted by Crippen LogP contribution is -2.60. The first-order valence-corrected chi connectivity index (χ1v) is 23.0. The fourth-order valence-corrected chi connectivity index (χ4v) is 6.62. The summed E-state index contributed by atoms with van der Waals surface area (Å²) in [6.45, 7) is 3.62. The number of rotatable bonds is 34. The van der Waals surface area contributed by atoms with Crippen LogP contribution in [0.2, 0.25) is 0 Å². The molecule has 12 nitrogen and oxygen atoms in total. The predicted octanol–water partition coefficient (Wildman–Crippen LogP) is 8.17. The Morgan fingerprint density at radius 1 is 0.596 bits per heavy atom. The molecule has 6 atom stereocenters. The lowest BCUT2D eigenvalue weighted by atomic mass is 10.00. The second kappa shape index (κ2) is 34.2. The molecule has 1 heterocycles. The monoisotopic (exact) mass is 826 g/mol. The maximum absolute atomic E-state index is 12.8. The summed E-state index contributed by atoms with van der Waals surface area (Å²) in [7, 11) is -4.61. The molecule has 1 fully saturated rings. The summed E-state index contributed by atoms with van der Waals surface area (Å²) in [6.07, 6.45) is 31.3. The van der Waals surface area contributed by atoms with Crippen molar-refractivity contribution in [3.8, 4) is 0 Å². The van der Waals surface area contributed by atoms with Crippen LogP contribution >= 0.6 is 0 Å². The number of ether oxygens (including phenoxy) is 4. The van der Waals surface area contributed by atoms with Crippen molar-refractivity contribution in [2.24, 2.45) is 0 Å². The van der Waals surface area contributed by atoms with Crippen molar-refractivity contribution in [2.75, 3.05) is 19.0 Å². The zero-order chi connectivity index (χ0) is 42.0. The van der Waals surface area contributed by atoms with Gasteiger partial charge in [-0.1, -0.05) is 120 Å². The van der Waals surface area contributed by atoms with Crippen LogP contribution in [0, 0.1) is 0 Å². The molecule has 4 N–H and O–H groups in total. The smallest absolute Gasteiger partial charge is 0.306 e. The van der Waals surface area contributed by atoms with E-state index in [0.29, 0.717) is 12.8 Å². The predicted molar refractivity (Wildman–Crippen MR) is 224 cm³/mol. The van der Waals surface area contributed by atoms with Gasteiger partial charge in [-0.05, 0) is 77.0 Å². The van der Waals surface area contributed by atoms with Crippen molar-refractivity contribution in [1.29, 1.82) is 0 Å². The van der Waals surface area contributed by atoms with Crippen LogP contribution in [-0.4, -0.2) is 96.0 Å². The zero-order valence-corrected chi connectivity index (χ0v) is 35.5. The minimum Gasteiger partial charge on any atom is -0.462 e. The summed E-state index contributed by atoms with van der Waals surface area (Å²) in [4.78, 5) is 25.3. The molecule has 1 aliphatic rings. The minimum absolute atomic E-state index is 0.110. The summed E-state index contributed by atoms with van der Waals surface area (Å²) < 4.78 is 53.9. The van der Waals surface area contributed by atoms with E-state index in [1.807, 2.05) is 0 Å². The van der Waals surface area contributed by atoms with Gasteiger partial charge in [0.15, 0.2) is 12.4 Å². The Labute approximate surface area is 343 Å². The van der Waals surface area contributed by atoms with Gasteiger partial charge in [0.2, 0.25) is 0 Å². The molecule has 2 unspecified atom stereocenters. The van der Waals surface area contributed by atoms with Crippen molar-refractivity contribution in [2.45, 2.75) is 185 Å². The fourth-order valence-electron chi connectivity index (χ4n) is 5.93. The summed E-state index contributed by atoms with van der Waals surface area (Å²) in [5.41, 5.74) is 0. The van der Waals surface area contributed by atoms with Crippen molar-refractivity contribution in [1.82, 2.24) is 0 Å². The van der Waals surface area contributed by atoms with E-state index in [1.165, 1.54) is 32.1 Å². The van der Waals surface area contributed by atoms with Crippen molar-refractivity contribution in [3.05, 3.63) is 60.8 Å². The van der Waals surface area contributed by atoms with Gasteiger partial charge in [-0.2, -0.15) is 8.42 Å². The molecule has 0 bridgehead atoms. The van der Waals surface area contributed by atoms with Gasteiger partial charge >= 0.3 is 11.9 Å². The van der Waals surface area contributed by atoms with Crippen LogP contribution in [0.25, 0.3) is 0 Å². The van der Waals surface area contributed by atoms with Crippen LogP contribution in [0.4, 0.5) is 0 Å². The van der Waals surface area contributed by atoms with E-state index in [1.54, 1.807) is 0 Å². The molecule has 0 amide bonds. The number of carbonyl (C=O) groups is 2. The van der Waals surface area contributed by atoms with E-state index in [2.05, 4.69) is 74.6 Å². The largest absolute Gasteiger partial charge is 0.462 e. The molecule has 0 radical (unpaired) electrons. The quantitative estimate of drug-likeness (QED) is 0.0211. The number of esters is 2. The third-order valence-corrected chi connectivity index (χ3v) is 10.1. The first-order chi connectivity index (χ1) is 27.5. The maximum Gasteiger partial charge on any atom is 0.306 e. The van der Waals surface area contributed by atoms with Crippen LogP contribution in [0.3, 0.4) is 0 Å². The molecule has 328 valence electrons. The Bertz CT molecular complexity index is 1290. The summed E-state index contributed by atoms with van der Waals surface area (Å²) >= 11 is 0. The summed E-state index contributed by atoms with van der Waals surface area (Å²) in [5.74, 6) is -2.06. The van der Waals surface area contributed by atoms with Crippen LogP contribution in [-0.2, 0) is 38.7 Å². The van der Waals surface area contributed by atoms with E-state index in [-0.39, 0.29) is 19.4 Å². The second-order valence-corrected chi connectivity index (χ2v) is 16.1. The molecule has 13 heteroatoms. The molecule has 0 aromatic heterocycles. The number of unbranched alkanes of at least 4 members (excludes halogenated alkanes) is 12. The minimum atomic E-state index is -4.61. The van der Waals surface area contributed by atoms with Crippen LogP contribution in [0.5, 0.6) is 0 Å². The van der Waals surface area contributed by atoms with Gasteiger partial charge in [0.25, 0.3) is 10.1 Å². The number of carbonyl (C=O) groups excluding carboxylic acids is 2.